The number of carbonyl (C=O) groups is 1. The van der Waals surface area contributed by atoms with Crippen LogP contribution < -0.4 is 4.90 Å². The lowest BCUT2D eigenvalue weighted by Gasteiger charge is -2.17. The Kier molecular flexibility index (Phi) is 2.42. The smallest absolute Gasteiger partial charge is 0.259 e. The van der Waals surface area contributed by atoms with E-state index in [0.717, 1.165) is 33.3 Å². The fourth-order valence-corrected chi connectivity index (χ4v) is 3.01. The first-order chi connectivity index (χ1) is 10.2. The van der Waals surface area contributed by atoms with E-state index in [1.807, 2.05) is 54.0 Å². The number of anilines is 1. The number of hydrogen-bond donors (Lipinski definition) is 0. The van der Waals surface area contributed by atoms with E-state index >= 15 is 0 Å². The van der Waals surface area contributed by atoms with Crippen molar-refractivity contribution >= 4 is 22.4 Å². The fraction of sp³-hybridized carbons (Fsp3) is 0.176. The molecule has 1 amide bonds. The topological polar surface area (TPSA) is 38.1 Å². The van der Waals surface area contributed by atoms with E-state index in [-0.39, 0.29) is 5.91 Å². The number of nitrogens with zero attached hydrogens (tertiary/aromatic N) is 3. The first-order valence-corrected chi connectivity index (χ1v) is 6.98. The summed E-state index contributed by atoms with van der Waals surface area (Å²) >= 11 is 0. The number of aryl methyl sites for hydroxylation is 1. The van der Waals surface area contributed by atoms with Crippen molar-refractivity contribution in [2.45, 2.75) is 13.5 Å². The van der Waals surface area contributed by atoms with Crippen LogP contribution in [0, 0.1) is 6.92 Å². The van der Waals surface area contributed by atoms with E-state index in [9.17, 15) is 4.79 Å². The molecular weight excluding hydrogens is 262 g/mol. The highest BCUT2D eigenvalue weighted by atomic mass is 16.2. The summed E-state index contributed by atoms with van der Waals surface area (Å²) in [5.41, 5.74) is 3.96. The van der Waals surface area contributed by atoms with Crippen LogP contribution >= 0.6 is 0 Å². The molecule has 4 heteroatoms. The van der Waals surface area contributed by atoms with Gasteiger partial charge in [0.2, 0.25) is 0 Å². The van der Waals surface area contributed by atoms with Gasteiger partial charge in [-0.3, -0.25) is 9.48 Å². The minimum absolute atomic E-state index is 0.0741. The molecule has 4 nitrogen and oxygen atoms in total. The summed E-state index contributed by atoms with van der Waals surface area (Å²) in [5, 5.41) is 6.44. The first kappa shape index (κ1) is 12.1. The van der Waals surface area contributed by atoms with Crippen molar-refractivity contribution in [3.63, 3.8) is 0 Å². The molecular formula is C17H15N3O. The van der Waals surface area contributed by atoms with Crippen LogP contribution in [0.15, 0.2) is 42.6 Å². The zero-order valence-corrected chi connectivity index (χ0v) is 12.0. The van der Waals surface area contributed by atoms with E-state index in [1.165, 1.54) is 0 Å². The van der Waals surface area contributed by atoms with Crippen molar-refractivity contribution < 1.29 is 4.79 Å². The molecule has 4 rings (SSSR count). The van der Waals surface area contributed by atoms with Crippen LogP contribution in [0.4, 0.5) is 5.69 Å². The molecule has 1 aliphatic heterocycles. The second-order valence-corrected chi connectivity index (χ2v) is 5.45. The second-order valence-electron chi connectivity index (χ2n) is 5.45. The lowest BCUT2D eigenvalue weighted by atomic mass is 10.1. The van der Waals surface area contributed by atoms with Gasteiger partial charge >= 0.3 is 0 Å². The van der Waals surface area contributed by atoms with Crippen LogP contribution in [0.5, 0.6) is 0 Å². The highest BCUT2D eigenvalue weighted by Crippen LogP contribution is 2.38. The molecule has 0 N–H and O–H groups in total. The van der Waals surface area contributed by atoms with E-state index in [2.05, 4.69) is 17.2 Å². The number of benzene rings is 2. The minimum Gasteiger partial charge on any atom is -0.303 e. The third-order valence-electron chi connectivity index (χ3n) is 4.31. The summed E-state index contributed by atoms with van der Waals surface area (Å²) in [5.74, 6) is 0.0741. The van der Waals surface area contributed by atoms with Gasteiger partial charge in [0.25, 0.3) is 5.91 Å². The molecule has 104 valence electrons. The fourth-order valence-electron chi connectivity index (χ4n) is 3.01. The number of hydrogen-bond acceptors (Lipinski definition) is 2. The van der Waals surface area contributed by atoms with E-state index in [0.29, 0.717) is 6.54 Å². The molecule has 0 radical (unpaired) electrons. The SMILES string of the molecule is Cc1c(CN2C(=O)c3cccc4cccc2c34)cnn1C. The standard InChI is InChI=1S/C17H15N3O/c1-11-13(9-18-19(11)2)10-20-15-8-4-6-12-5-3-7-14(16(12)15)17(20)21/h3-9H,10H2,1-2H3. The Labute approximate surface area is 122 Å². The Morgan fingerprint density at radius 3 is 2.62 bits per heavy atom. The Morgan fingerprint density at radius 2 is 1.90 bits per heavy atom. The summed E-state index contributed by atoms with van der Waals surface area (Å²) in [4.78, 5) is 14.5. The lowest BCUT2D eigenvalue weighted by Crippen LogP contribution is -2.26. The van der Waals surface area contributed by atoms with Crippen LogP contribution in [0.2, 0.25) is 0 Å². The Hall–Kier alpha value is -2.62. The van der Waals surface area contributed by atoms with E-state index in [1.54, 1.807) is 0 Å². The van der Waals surface area contributed by atoms with Crippen LogP contribution in [0.3, 0.4) is 0 Å². The van der Waals surface area contributed by atoms with Crippen molar-refractivity contribution in [2.75, 3.05) is 4.90 Å². The van der Waals surface area contributed by atoms with Crippen LogP contribution in [-0.4, -0.2) is 15.7 Å². The maximum atomic E-state index is 12.7. The molecule has 1 aromatic heterocycles. The molecule has 0 saturated heterocycles. The second kappa shape index (κ2) is 4.19. The summed E-state index contributed by atoms with van der Waals surface area (Å²) in [6.07, 6.45) is 1.84. The van der Waals surface area contributed by atoms with Crippen molar-refractivity contribution in [2.24, 2.45) is 7.05 Å². The highest BCUT2D eigenvalue weighted by Gasteiger charge is 2.29. The van der Waals surface area contributed by atoms with E-state index in [4.69, 9.17) is 0 Å². The van der Waals surface area contributed by atoms with Gasteiger partial charge in [-0.1, -0.05) is 24.3 Å². The molecule has 0 atom stereocenters. The highest BCUT2D eigenvalue weighted by molar-refractivity contribution is 6.24. The van der Waals surface area contributed by atoms with Crippen LogP contribution in [0.25, 0.3) is 10.8 Å². The Morgan fingerprint density at radius 1 is 1.14 bits per heavy atom. The van der Waals surface area contributed by atoms with Gasteiger partial charge in [-0.25, -0.2) is 0 Å². The van der Waals surface area contributed by atoms with Gasteiger partial charge in [0.05, 0.1) is 18.4 Å². The molecule has 3 aromatic rings. The molecule has 0 spiro atoms. The molecule has 0 unspecified atom stereocenters. The molecule has 0 saturated carbocycles. The van der Waals surface area contributed by atoms with Crippen molar-refractivity contribution in [1.29, 1.82) is 0 Å². The molecule has 2 aromatic carbocycles. The molecule has 0 aliphatic carbocycles. The first-order valence-electron chi connectivity index (χ1n) is 6.98. The average molecular weight is 277 g/mol. The zero-order valence-electron chi connectivity index (χ0n) is 12.0. The normalized spacial score (nSPS) is 13.4. The number of aromatic nitrogens is 2. The third-order valence-corrected chi connectivity index (χ3v) is 4.31. The third kappa shape index (κ3) is 1.62. The zero-order chi connectivity index (χ0) is 14.6. The average Bonchev–Trinajstić information content (AvgIpc) is 2.96. The van der Waals surface area contributed by atoms with E-state index < -0.39 is 0 Å². The summed E-state index contributed by atoms with van der Waals surface area (Å²) in [6, 6.07) is 12.0. The van der Waals surface area contributed by atoms with Crippen LogP contribution in [0.1, 0.15) is 21.6 Å². The molecule has 1 aliphatic rings. The molecule has 21 heavy (non-hydrogen) atoms. The minimum atomic E-state index is 0.0741. The molecule has 2 heterocycles. The largest absolute Gasteiger partial charge is 0.303 e. The maximum absolute atomic E-state index is 12.7. The van der Waals surface area contributed by atoms with Gasteiger partial charge in [-0.05, 0) is 24.4 Å². The summed E-state index contributed by atoms with van der Waals surface area (Å²) in [6.45, 7) is 2.59. The number of carbonyl (C=O) groups excluding carboxylic acids is 1. The van der Waals surface area contributed by atoms with Crippen LogP contribution in [-0.2, 0) is 13.6 Å². The predicted molar refractivity (Wildman–Crippen MR) is 82.4 cm³/mol. The van der Waals surface area contributed by atoms with Gasteiger partial charge in [0, 0.05) is 29.3 Å². The van der Waals surface area contributed by atoms with Gasteiger partial charge in [-0.2, -0.15) is 5.10 Å². The number of amides is 1. The maximum Gasteiger partial charge on any atom is 0.259 e. The predicted octanol–water partition coefficient (Wildman–Crippen LogP) is 3.04. The monoisotopic (exact) mass is 277 g/mol. The van der Waals surface area contributed by atoms with Gasteiger partial charge in [0.15, 0.2) is 0 Å². The Bertz CT molecular complexity index is 874. The molecule has 0 bridgehead atoms. The van der Waals surface area contributed by atoms with Crippen molar-refractivity contribution in [3.8, 4) is 0 Å². The van der Waals surface area contributed by atoms with Gasteiger partial charge in [0.1, 0.15) is 0 Å². The van der Waals surface area contributed by atoms with Crippen molar-refractivity contribution in [1.82, 2.24) is 9.78 Å². The Balaban J connectivity index is 1.84. The summed E-state index contributed by atoms with van der Waals surface area (Å²) in [7, 11) is 1.92. The van der Waals surface area contributed by atoms with Gasteiger partial charge < -0.3 is 4.90 Å². The van der Waals surface area contributed by atoms with Gasteiger partial charge in [-0.15, -0.1) is 0 Å². The molecule has 0 fully saturated rings. The lowest BCUT2D eigenvalue weighted by molar-refractivity contribution is 0.0991. The van der Waals surface area contributed by atoms with Crippen molar-refractivity contribution in [3.05, 3.63) is 59.4 Å². The summed E-state index contributed by atoms with van der Waals surface area (Å²) < 4.78 is 1.84. The quantitative estimate of drug-likeness (QED) is 0.722. The number of rotatable bonds is 2.